The summed E-state index contributed by atoms with van der Waals surface area (Å²) in [5.74, 6) is 0.666. The van der Waals surface area contributed by atoms with Crippen LogP contribution in [0.3, 0.4) is 0 Å². The van der Waals surface area contributed by atoms with E-state index < -0.39 is 0 Å². The van der Waals surface area contributed by atoms with Crippen LogP contribution in [-0.2, 0) is 10.3 Å². The molecule has 1 aromatic rings. The quantitative estimate of drug-likeness (QED) is 0.824. The van der Waals surface area contributed by atoms with Crippen molar-refractivity contribution in [3.63, 3.8) is 0 Å². The molecule has 1 fully saturated rings. The summed E-state index contributed by atoms with van der Waals surface area (Å²) in [6.07, 6.45) is 3.11. The third kappa shape index (κ3) is 1.84. The van der Waals surface area contributed by atoms with Gasteiger partial charge in [0.15, 0.2) is 0 Å². The molecule has 84 valence electrons. The van der Waals surface area contributed by atoms with Gasteiger partial charge in [-0.3, -0.25) is 0 Å². The highest BCUT2D eigenvalue weighted by Crippen LogP contribution is 2.42. The highest BCUT2D eigenvalue weighted by Gasteiger charge is 2.43. The molecule has 0 radical (unpaired) electrons. The molecular weight excluding hydrogens is 194 g/mol. The first-order valence-corrected chi connectivity index (χ1v) is 5.32. The number of hydrogen-bond acceptors (Lipinski definition) is 5. The molecule has 2 rings (SSSR count). The molecule has 1 N–H and O–H groups in total. The van der Waals surface area contributed by atoms with Crippen LogP contribution in [0.4, 0.5) is 6.01 Å². The Balaban J connectivity index is 2.12. The molecule has 1 aliphatic rings. The van der Waals surface area contributed by atoms with E-state index in [1.807, 2.05) is 13.8 Å². The zero-order valence-corrected chi connectivity index (χ0v) is 9.41. The van der Waals surface area contributed by atoms with Crippen LogP contribution in [0.5, 0.6) is 0 Å². The van der Waals surface area contributed by atoms with Gasteiger partial charge < -0.3 is 14.6 Å². The third-order valence-corrected chi connectivity index (χ3v) is 2.80. The van der Waals surface area contributed by atoms with Crippen LogP contribution in [0.1, 0.15) is 38.9 Å². The predicted octanol–water partition coefficient (Wildman–Crippen LogP) is 1.92. The molecule has 0 saturated heterocycles. The molecule has 1 saturated carbocycles. The molecule has 15 heavy (non-hydrogen) atoms. The molecule has 5 nitrogen and oxygen atoms in total. The lowest BCUT2D eigenvalue weighted by Crippen LogP contribution is -2.37. The van der Waals surface area contributed by atoms with Crippen molar-refractivity contribution in [2.24, 2.45) is 0 Å². The van der Waals surface area contributed by atoms with Gasteiger partial charge in [-0.25, -0.2) is 0 Å². The summed E-state index contributed by atoms with van der Waals surface area (Å²) in [5, 5.41) is 7.03. The minimum Gasteiger partial charge on any atom is -0.370 e. The van der Waals surface area contributed by atoms with Gasteiger partial charge in [-0.05, 0) is 33.1 Å². The Hall–Kier alpha value is -1.10. The molecular formula is C10H17N3O2. The zero-order valence-electron chi connectivity index (χ0n) is 9.41. The first-order valence-electron chi connectivity index (χ1n) is 5.32. The number of nitrogens with zero attached hydrogens (tertiary/aromatic N) is 2. The number of methoxy groups -OCH3 is 1. The molecule has 0 spiro atoms. The van der Waals surface area contributed by atoms with Crippen molar-refractivity contribution in [2.45, 2.75) is 44.8 Å². The topological polar surface area (TPSA) is 60.2 Å². The van der Waals surface area contributed by atoms with E-state index >= 15 is 0 Å². The highest BCUT2D eigenvalue weighted by molar-refractivity contribution is 5.22. The van der Waals surface area contributed by atoms with Gasteiger partial charge in [0, 0.05) is 13.2 Å². The monoisotopic (exact) mass is 211 g/mol. The molecule has 0 atom stereocenters. The largest absolute Gasteiger partial charge is 0.370 e. The normalized spacial score (nSPS) is 18.9. The van der Waals surface area contributed by atoms with Crippen molar-refractivity contribution in [1.29, 1.82) is 0 Å². The van der Waals surface area contributed by atoms with Crippen molar-refractivity contribution < 1.29 is 9.26 Å². The fourth-order valence-electron chi connectivity index (χ4n) is 1.73. The molecule has 1 aliphatic carbocycles. The van der Waals surface area contributed by atoms with Crippen LogP contribution in [0, 0.1) is 0 Å². The number of rotatable bonds is 4. The molecule has 0 bridgehead atoms. The summed E-state index contributed by atoms with van der Waals surface area (Å²) < 4.78 is 10.6. The summed E-state index contributed by atoms with van der Waals surface area (Å²) in [7, 11) is 1.70. The summed E-state index contributed by atoms with van der Waals surface area (Å²) in [6, 6.07) is 0.765. The van der Waals surface area contributed by atoms with Crippen LogP contribution >= 0.6 is 0 Å². The number of ether oxygens (including phenoxy) is 1. The molecule has 1 heterocycles. The first kappa shape index (κ1) is 10.4. The van der Waals surface area contributed by atoms with E-state index in [1.54, 1.807) is 7.11 Å². The Morgan fingerprint density at radius 1 is 1.47 bits per heavy atom. The second kappa shape index (κ2) is 3.81. The maximum atomic E-state index is 5.47. The molecule has 0 aliphatic heterocycles. The second-order valence-corrected chi connectivity index (χ2v) is 4.27. The Morgan fingerprint density at radius 3 is 2.67 bits per heavy atom. The van der Waals surface area contributed by atoms with E-state index in [9.17, 15) is 0 Å². The van der Waals surface area contributed by atoms with Gasteiger partial charge in [0.25, 0.3) is 0 Å². The summed E-state index contributed by atoms with van der Waals surface area (Å²) >= 11 is 0. The van der Waals surface area contributed by atoms with Crippen molar-refractivity contribution >= 4 is 6.01 Å². The maximum Gasteiger partial charge on any atom is 0.321 e. The van der Waals surface area contributed by atoms with E-state index in [0.717, 1.165) is 19.3 Å². The Bertz CT molecular complexity index is 326. The lowest BCUT2D eigenvalue weighted by atomic mass is 9.79. The Morgan fingerprint density at radius 2 is 2.20 bits per heavy atom. The van der Waals surface area contributed by atoms with Crippen LogP contribution in [-0.4, -0.2) is 23.3 Å². The zero-order chi connectivity index (χ0) is 10.9. The lowest BCUT2D eigenvalue weighted by molar-refractivity contribution is -0.0858. The first-order chi connectivity index (χ1) is 7.16. The van der Waals surface area contributed by atoms with E-state index in [0.29, 0.717) is 11.8 Å². The molecule has 0 amide bonds. The van der Waals surface area contributed by atoms with E-state index in [-0.39, 0.29) is 11.6 Å². The summed E-state index contributed by atoms with van der Waals surface area (Å²) in [6.45, 7) is 4.05. The van der Waals surface area contributed by atoms with E-state index in [2.05, 4.69) is 15.5 Å². The molecule has 0 aromatic carbocycles. The third-order valence-electron chi connectivity index (χ3n) is 2.80. The van der Waals surface area contributed by atoms with Crippen LogP contribution < -0.4 is 5.32 Å². The van der Waals surface area contributed by atoms with Crippen LogP contribution in [0.25, 0.3) is 0 Å². The van der Waals surface area contributed by atoms with Crippen molar-refractivity contribution in [3.8, 4) is 0 Å². The summed E-state index contributed by atoms with van der Waals surface area (Å²) in [4.78, 5) is 4.30. The lowest BCUT2D eigenvalue weighted by Gasteiger charge is -2.37. The smallest absolute Gasteiger partial charge is 0.321 e. The van der Waals surface area contributed by atoms with E-state index in [1.165, 1.54) is 0 Å². The fourth-order valence-corrected chi connectivity index (χ4v) is 1.73. The van der Waals surface area contributed by atoms with Crippen molar-refractivity contribution in [1.82, 2.24) is 10.1 Å². The van der Waals surface area contributed by atoms with Gasteiger partial charge in [-0.15, -0.1) is 0 Å². The molecule has 1 aromatic heterocycles. The second-order valence-electron chi connectivity index (χ2n) is 4.27. The number of anilines is 1. The predicted molar refractivity (Wildman–Crippen MR) is 55.6 cm³/mol. The molecule has 5 heteroatoms. The van der Waals surface area contributed by atoms with Gasteiger partial charge >= 0.3 is 6.01 Å². The number of hydrogen-bond donors (Lipinski definition) is 1. The number of aromatic nitrogens is 2. The average Bonchev–Trinajstić information content (AvgIpc) is 2.51. The number of nitrogens with one attached hydrogen (secondary N) is 1. The minimum atomic E-state index is -0.291. The van der Waals surface area contributed by atoms with Gasteiger partial charge in [-0.2, -0.15) is 4.98 Å². The van der Waals surface area contributed by atoms with Crippen molar-refractivity contribution in [2.75, 3.05) is 12.4 Å². The molecule has 0 unspecified atom stereocenters. The minimum absolute atomic E-state index is 0.290. The van der Waals surface area contributed by atoms with E-state index in [4.69, 9.17) is 9.26 Å². The Kier molecular flexibility index (Phi) is 2.65. The van der Waals surface area contributed by atoms with Crippen LogP contribution in [0.15, 0.2) is 4.52 Å². The van der Waals surface area contributed by atoms with Crippen LogP contribution in [0.2, 0.25) is 0 Å². The SMILES string of the molecule is COC1(c2noc(NC(C)C)n2)CCC1. The fraction of sp³-hybridized carbons (Fsp3) is 0.800. The van der Waals surface area contributed by atoms with Crippen molar-refractivity contribution in [3.05, 3.63) is 5.82 Å². The Labute approximate surface area is 89.2 Å². The van der Waals surface area contributed by atoms with Gasteiger partial charge in [0.05, 0.1) is 0 Å². The van der Waals surface area contributed by atoms with Gasteiger partial charge in [0.2, 0.25) is 5.82 Å². The average molecular weight is 211 g/mol. The van der Waals surface area contributed by atoms with Gasteiger partial charge in [0.1, 0.15) is 5.60 Å². The highest BCUT2D eigenvalue weighted by atomic mass is 16.5. The standard InChI is InChI=1S/C10H17N3O2/c1-7(2)11-9-12-8(13-15-9)10(14-3)5-4-6-10/h7H,4-6H2,1-3H3,(H,11,12,13). The maximum absolute atomic E-state index is 5.47. The van der Waals surface area contributed by atoms with Gasteiger partial charge in [-0.1, -0.05) is 5.16 Å². The summed E-state index contributed by atoms with van der Waals surface area (Å²) in [5.41, 5.74) is -0.291.